The summed E-state index contributed by atoms with van der Waals surface area (Å²) in [5.41, 5.74) is 3.91. The van der Waals surface area contributed by atoms with Crippen LogP contribution in [0.15, 0.2) is 36.4 Å². The Morgan fingerprint density at radius 3 is 2.05 bits per heavy atom. The van der Waals surface area contributed by atoms with Crippen molar-refractivity contribution in [2.24, 2.45) is 0 Å². The molecule has 0 aromatic heterocycles. The summed E-state index contributed by atoms with van der Waals surface area (Å²) in [4.78, 5) is 11.2. The largest absolute Gasteiger partial charge is 0.467 e. The highest BCUT2D eigenvalue weighted by molar-refractivity contribution is 5.73. The molecular weight excluding hydrogens is 280 g/mol. The van der Waals surface area contributed by atoms with Crippen LogP contribution < -0.4 is 9.47 Å². The second-order valence-electron chi connectivity index (χ2n) is 5.11. The fourth-order valence-electron chi connectivity index (χ4n) is 2.10. The summed E-state index contributed by atoms with van der Waals surface area (Å²) in [6, 6.07) is 11.7. The fourth-order valence-corrected chi connectivity index (χ4v) is 2.10. The lowest BCUT2D eigenvalue weighted by Crippen LogP contribution is -2.03. The number of hydrogen-bond acceptors (Lipinski definition) is 4. The second-order valence-corrected chi connectivity index (χ2v) is 5.11. The summed E-state index contributed by atoms with van der Waals surface area (Å²) in [7, 11) is 1.59. The van der Waals surface area contributed by atoms with Gasteiger partial charge in [0.2, 0.25) is 0 Å². The lowest BCUT2D eigenvalue weighted by atomic mass is 10.0. The number of aryl methyl sites for hydroxylation is 2. The minimum atomic E-state index is -0.326. The highest BCUT2D eigenvalue weighted by Gasteiger charge is 2.08. The fraction of sp³-hybridized carbons (Fsp3) is 0.278. The Morgan fingerprint density at radius 2 is 1.50 bits per heavy atom. The molecule has 0 aliphatic carbocycles. The highest BCUT2D eigenvalue weighted by atomic mass is 16.7. The number of benzene rings is 2. The van der Waals surface area contributed by atoms with Crippen molar-refractivity contribution >= 4 is 5.97 Å². The smallest absolute Gasteiger partial charge is 0.308 e. The quantitative estimate of drug-likeness (QED) is 0.477. The van der Waals surface area contributed by atoms with Gasteiger partial charge in [0.25, 0.3) is 0 Å². The van der Waals surface area contributed by atoms with Gasteiger partial charge in [0, 0.05) is 14.0 Å². The molecule has 0 bridgehead atoms. The molecule has 0 amide bonds. The molecule has 0 aliphatic rings. The molecule has 0 saturated carbocycles. The van der Waals surface area contributed by atoms with E-state index in [-0.39, 0.29) is 12.8 Å². The minimum absolute atomic E-state index is 0.205. The third kappa shape index (κ3) is 3.86. The van der Waals surface area contributed by atoms with Gasteiger partial charge < -0.3 is 14.2 Å². The van der Waals surface area contributed by atoms with Crippen molar-refractivity contribution in [2.45, 2.75) is 20.8 Å². The number of carbonyl (C=O) groups is 1. The predicted molar refractivity (Wildman–Crippen MR) is 85.2 cm³/mol. The summed E-state index contributed by atoms with van der Waals surface area (Å²) in [6.07, 6.45) is 0. The first-order chi connectivity index (χ1) is 10.5. The molecule has 0 radical (unpaired) electrons. The van der Waals surface area contributed by atoms with Crippen LogP contribution in [-0.2, 0) is 9.53 Å². The van der Waals surface area contributed by atoms with Crippen LogP contribution in [0.2, 0.25) is 0 Å². The Kier molecular flexibility index (Phi) is 5.17. The summed E-state index contributed by atoms with van der Waals surface area (Å²) >= 11 is 0. The number of methoxy groups -OCH3 is 1. The van der Waals surface area contributed by atoms with E-state index in [0.29, 0.717) is 5.75 Å². The van der Waals surface area contributed by atoms with E-state index in [4.69, 9.17) is 14.2 Å². The highest BCUT2D eigenvalue weighted by Crippen LogP contribution is 2.30. The van der Waals surface area contributed by atoms with E-state index in [1.165, 1.54) is 6.92 Å². The minimum Gasteiger partial charge on any atom is -0.467 e. The van der Waals surface area contributed by atoms with Gasteiger partial charge in [-0.15, -0.1) is 0 Å². The molecule has 0 aliphatic heterocycles. The van der Waals surface area contributed by atoms with Gasteiger partial charge in [-0.25, -0.2) is 0 Å². The maximum absolute atomic E-state index is 11.2. The summed E-state index contributed by atoms with van der Waals surface area (Å²) in [5.74, 6) is 1.02. The van der Waals surface area contributed by atoms with E-state index in [1.807, 2.05) is 50.2 Å². The van der Waals surface area contributed by atoms with E-state index < -0.39 is 0 Å². The maximum Gasteiger partial charge on any atom is 0.308 e. The van der Waals surface area contributed by atoms with Gasteiger partial charge in [-0.1, -0.05) is 24.3 Å². The van der Waals surface area contributed by atoms with E-state index >= 15 is 0 Å². The molecule has 0 N–H and O–H groups in total. The van der Waals surface area contributed by atoms with Crippen molar-refractivity contribution in [3.05, 3.63) is 47.5 Å². The van der Waals surface area contributed by atoms with Gasteiger partial charge in [-0.2, -0.15) is 0 Å². The molecule has 4 heteroatoms. The second kappa shape index (κ2) is 7.09. The molecule has 4 nitrogen and oxygen atoms in total. The van der Waals surface area contributed by atoms with E-state index in [9.17, 15) is 4.79 Å². The normalized spacial score (nSPS) is 10.4. The van der Waals surface area contributed by atoms with E-state index in [2.05, 4.69) is 0 Å². The van der Waals surface area contributed by atoms with Crippen molar-refractivity contribution < 1.29 is 19.0 Å². The average Bonchev–Trinajstić information content (AvgIpc) is 2.48. The zero-order valence-electron chi connectivity index (χ0n) is 13.3. The average molecular weight is 300 g/mol. The summed E-state index contributed by atoms with van der Waals surface area (Å²) < 4.78 is 15.7. The molecule has 0 heterocycles. The van der Waals surface area contributed by atoms with Crippen molar-refractivity contribution in [1.29, 1.82) is 0 Å². The van der Waals surface area contributed by atoms with Gasteiger partial charge in [0.15, 0.2) is 6.79 Å². The Morgan fingerprint density at radius 1 is 0.955 bits per heavy atom. The molecule has 2 aromatic carbocycles. The lowest BCUT2D eigenvalue weighted by molar-refractivity contribution is -0.131. The molecule has 2 rings (SSSR count). The van der Waals surface area contributed by atoms with Crippen molar-refractivity contribution in [2.75, 3.05) is 13.9 Å². The number of hydrogen-bond donors (Lipinski definition) is 0. The molecule has 22 heavy (non-hydrogen) atoms. The third-order valence-electron chi connectivity index (χ3n) is 3.30. The van der Waals surface area contributed by atoms with Crippen molar-refractivity contribution in [1.82, 2.24) is 0 Å². The Hall–Kier alpha value is -2.33. The van der Waals surface area contributed by atoms with E-state index in [0.717, 1.165) is 28.0 Å². The van der Waals surface area contributed by atoms with Crippen LogP contribution in [0.25, 0.3) is 11.1 Å². The van der Waals surface area contributed by atoms with Crippen molar-refractivity contribution in [3.8, 4) is 22.6 Å². The SMILES string of the molecule is COCOc1cc(-c2ccc(C)c(OC(C)=O)c2)ccc1C. The van der Waals surface area contributed by atoms with Gasteiger partial charge in [-0.3, -0.25) is 4.79 Å². The monoisotopic (exact) mass is 300 g/mol. The zero-order chi connectivity index (χ0) is 16.1. The molecule has 2 aromatic rings. The summed E-state index contributed by atoms with van der Waals surface area (Å²) in [6.45, 7) is 5.49. The Balaban J connectivity index is 2.37. The van der Waals surface area contributed by atoms with Gasteiger partial charge in [0.1, 0.15) is 11.5 Å². The third-order valence-corrected chi connectivity index (χ3v) is 3.30. The topological polar surface area (TPSA) is 44.8 Å². The van der Waals surface area contributed by atoms with Gasteiger partial charge >= 0.3 is 5.97 Å². The maximum atomic E-state index is 11.2. The molecule has 0 unspecified atom stereocenters. The number of carbonyl (C=O) groups excluding carboxylic acids is 1. The van der Waals surface area contributed by atoms with Crippen LogP contribution >= 0.6 is 0 Å². The van der Waals surface area contributed by atoms with Crippen LogP contribution in [0.4, 0.5) is 0 Å². The van der Waals surface area contributed by atoms with Crippen molar-refractivity contribution in [3.63, 3.8) is 0 Å². The Labute approximate surface area is 130 Å². The zero-order valence-corrected chi connectivity index (χ0v) is 13.3. The van der Waals surface area contributed by atoms with Gasteiger partial charge in [0.05, 0.1) is 0 Å². The molecular formula is C18H20O4. The molecule has 0 fully saturated rings. The molecule has 0 saturated heterocycles. The predicted octanol–water partition coefficient (Wildman–Crippen LogP) is 3.88. The van der Waals surface area contributed by atoms with Crippen LogP contribution in [0.1, 0.15) is 18.1 Å². The lowest BCUT2D eigenvalue weighted by Gasteiger charge is -2.12. The summed E-state index contributed by atoms with van der Waals surface area (Å²) in [5, 5.41) is 0. The molecule has 0 atom stereocenters. The van der Waals surface area contributed by atoms with Gasteiger partial charge in [-0.05, 0) is 48.2 Å². The Bertz CT molecular complexity index is 677. The van der Waals surface area contributed by atoms with Crippen LogP contribution in [-0.4, -0.2) is 19.9 Å². The van der Waals surface area contributed by atoms with Crippen LogP contribution in [0.3, 0.4) is 0 Å². The standard InChI is InChI=1S/C18H20O4/c1-12-5-7-15(9-17(12)21-11-20-4)16-8-6-13(2)18(10-16)22-14(3)19/h5-10H,11H2,1-4H3. The number of esters is 1. The molecule has 0 spiro atoms. The molecule has 116 valence electrons. The number of rotatable bonds is 5. The first kappa shape index (κ1) is 16.0. The first-order valence-corrected chi connectivity index (χ1v) is 7.03. The van der Waals surface area contributed by atoms with Crippen LogP contribution in [0.5, 0.6) is 11.5 Å². The van der Waals surface area contributed by atoms with E-state index in [1.54, 1.807) is 7.11 Å². The van der Waals surface area contributed by atoms with Crippen LogP contribution in [0, 0.1) is 13.8 Å². The first-order valence-electron chi connectivity index (χ1n) is 7.03. The number of ether oxygens (including phenoxy) is 3.